The van der Waals surface area contributed by atoms with Crippen LogP contribution >= 0.6 is 23.7 Å². The Labute approximate surface area is 94.6 Å². The summed E-state index contributed by atoms with van der Waals surface area (Å²) in [6.07, 6.45) is 0. The van der Waals surface area contributed by atoms with Crippen LogP contribution in [0.2, 0.25) is 0 Å². The van der Waals surface area contributed by atoms with E-state index in [1.807, 2.05) is 0 Å². The molecular weight excluding hydrogens is 226 g/mol. The summed E-state index contributed by atoms with van der Waals surface area (Å²) in [5.41, 5.74) is 0. The molecule has 0 aliphatic rings. The van der Waals surface area contributed by atoms with E-state index >= 15 is 0 Å². The fourth-order valence-electron chi connectivity index (χ4n) is 0. The maximum absolute atomic E-state index is 8.52. The molecular formula is HCaCl3O5. The Morgan fingerprint density at radius 3 is 1.00 bits per heavy atom. The molecule has 0 bridgehead atoms. The van der Waals surface area contributed by atoms with Crippen LogP contribution in [0.1, 0.15) is 0 Å². The Morgan fingerprint density at radius 2 is 1.00 bits per heavy atom. The molecule has 0 saturated heterocycles. The number of hydrogen-bond acceptors (Lipinski definition) is 5. The van der Waals surface area contributed by atoms with E-state index in [1.54, 1.807) is 0 Å². The van der Waals surface area contributed by atoms with Crippen LogP contribution in [-0.2, 0) is 0 Å². The second-order valence-corrected chi connectivity index (χ2v) is 0.603. The van der Waals surface area contributed by atoms with Crippen molar-refractivity contribution in [1.29, 1.82) is 0 Å². The number of hydrogen-bond donors (Lipinski definition) is 1. The van der Waals surface area contributed by atoms with Crippen molar-refractivity contribution in [3.8, 4) is 0 Å². The zero-order valence-electron chi connectivity index (χ0n) is 3.92. The summed E-state index contributed by atoms with van der Waals surface area (Å²) in [5, 5.41) is 0. The molecule has 0 rings (SSSR count). The van der Waals surface area contributed by atoms with E-state index in [-0.39, 0.29) is 37.7 Å². The first-order chi connectivity index (χ1) is 3.73. The van der Waals surface area contributed by atoms with Crippen LogP contribution in [0.4, 0.5) is 0 Å². The van der Waals surface area contributed by atoms with E-state index in [4.69, 9.17) is 23.3 Å². The molecule has 0 unspecified atom stereocenters. The molecule has 0 aromatic carbocycles. The first kappa shape index (κ1) is 22.4. The average Bonchev–Trinajstić information content (AvgIpc) is 1.75. The summed E-state index contributed by atoms with van der Waals surface area (Å²) in [6.45, 7) is 0. The second-order valence-electron chi connectivity index (χ2n) is 0.201. The van der Waals surface area contributed by atoms with Gasteiger partial charge in [-0.2, -0.15) is 0 Å². The van der Waals surface area contributed by atoms with Crippen LogP contribution < -0.4 is 18.6 Å². The third kappa shape index (κ3) is 168. The van der Waals surface area contributed by atoms with Gasteiger partial charge in [0.05, 0.1) is 0 Å². The van der Waals surface area contributed by atoms with Gasteiger partial charge in [0.15, 0.2) is 0 Å². The minimum absolute atomic E-state index is 0. The van der Waals surface area contributed by atoms with Gasteiger partial charge in [0.2, 0.25) is 0 Å². The van der Waals surface area contributed by atoms with Crippen LogP contribution in [0.5, 0.6) is 0 Å². The Bertz CT molecular complexity index is 16.9. The second kappa shape index (κ2) is 32.6. The number of rotatable bonds is 0. The van der Waals surface area contributed by atoms with Crippen molar-refractivity contribution in [2.75, 3.05) is 0 Å². The summed E-state index contributed by atoms with van der Waals surface area (Å²) in [4.78, 5) is 0. The van der Waals surface area contributed by atoms with Crippen molar-refractivity contribution in [2.45, 2.75) is 0 Å². The van der Waals surface area contributed by atoms with Crippen molar-refractivity contribution in [3.05, 3.63) is 0 Å². The van der Waals surface area contributed by atoms with Gasteiger partial charge in [0, 0.05) is 4.66 Å². The van der Waals surface area contributed by atoms with Gasteiger partial charge in [-0.05, 0) is 0 Å². The largest absolute Gasteiger partial charge is 2.00 e. The molecule has 0 aliphatic heterocycles. The summed E-state index contributed by atoms with van der Waals surface area (Å²) in [5.74, 6) is 0. The van der Waals surface area contributed by atoms with Gasteiger partial charge >= 0.3 is 37.7 Å². The molecule has 0 amide bonds. The quantitative estimate of drug-likeness (QED) is 0.421. The van der Waals surface area contributed by atoms with Gasteiger partial charge in [0.25, 0.3) is 10.8 Å². The maximum Gasteiger partial charge on any atom is 2.00 e. The smallest absolute Gasteiger partial charge is 0.769 e. The summed E-state index contributed by atoms with van der Waals surface area (Å²) in [7, 11) is -2.60. The predicted octanol–water partition coefficient (Wildman–Crippen LogP) is -4.31. The molecule has 54 valence electrons. The molecule has 0 aliphatic carbocycles. The van der Waals surface area contributed by atoms with E-state index < -0.39 is 10.8 Å². The molecule has 0 aromatic rings. The van der Waals surface area contributed by atoms with Crippen molar-refractivity contribution in [3.63, 3.8) is 0 Å². The standard InChI is InChI=1S/Ca.ClHO3.2ClO/c;2-1(3)4;2*1-2/h;2H;;/q+2;;2*-1. The molecule has 9 heteroatoms. The summed E-state index contributed by atoms with van der Waals surface area (Å²) in [6, 6.07) is 0. The van der Waals surface area contributed by atoms with Crippen LogP contribution in [0.3, 0.4) is 0 Å². The minimum atomic E-state index is -2.60. The molecule has 0 heterocycles. The molecule has 0 fully saturated rings. The Morgan fingerprint density at radius 1 is 1.00 bits per heavy atom. The maximum atomic E-state index is 8.52. The zero-order chi connectivity index (χ0) is 7.58. The van der Waals surface area contributed by atoms with E-state index in [1.165, 1.54) is 0 Å². The molecule has 5 nitrogen and oxygen atoms in total. The average molecular weight is 227 g/mol. The number of halogens is 3. The molecule has 9 heavy (non-hydrogen) atoms. The molecule has 0 atom stereocenters. The fourth-order valence-corrected chi connectivity index (χ4v) is 0. The molecule has 0 aromatic heterocycles. The SMILES string of the molecule is [Ca+2].[O-]Cl.[O-]Cl.[O-][Cl+2]([O-])O. The minimum Gasteiger partial charge on any atom is -0.769 e. The van der Waals surface area contributed by atoms with Crippen LogP contribution in [-0.4, -0.2) is 42.4 Å². The van der Waals surface area contributed by atoms with Crippen LogP contribution in [0.15, 0.2) is 0 Å². The van der Waals surface area contributed by atoms with Crippen molar-refractivity contribution < 1.29 is 34.1 Å². The fraction of sp³-hybridized carbons (Fsp3) is 0. The zero-order valence-corrected chi connectivity index (χ0v) is 8.40. The van der Waals surface area contributed by atoms with E-state index in [2.05, 4.69) is 23.7 Å². The normalized spacial score (nSPS) is 5.33. The molecule has 0 radical (unpaired) electrons. The van der Waals surface area contributed by atoms with Crippen molar-refractivity contribution in [2.24, 2.45) is 0 Å². The van der Waals surface area contributed by atoms with Crippen molar-refractivity contribution in [1.82, 2.24) is 0 Å². The summed E-state index contributed by atoms with van der Waals surface area (Å²) >= 11 is 6.78. The van der Waals surface area contributed by atoms with Gasteiger partial charge in [-0.3, -0.25) is 0 Å². The Balaban J connectivity index is -0.0000000221. The van der Waals surface area contributed by atoms with Gasteiger partial charge in [-0.25, -0.2) is 23.7 Å². The van der Waals surface area contributed by atoms with E-state index in [0.29, 0.717) is 0 Å². The third-order valence-electron chi connectivity index (χ3n) is 0. The van der Waals surface area contributed by atoms with Crippen LogP contribution in [0.25, 0.3) is 0 Å². The van der Waals surface area contributed by atoms with Crippen LogP contribution in [0, 0.1) is 10.8 Å². The Hall–Kier alpha value is 1.93. The van der Waals surface area contributed by atoms with Gasteiger partial charge < -0.3 is 18.6 Å². The first-order valence-corrected chi connectivity index (χ1v) is 2.36. The van der Waals surface area contributed by atoms with Gasteiger partial charge in [-0.15, -0.1) is 0 Å². The van der Waals surface area contributed by atoms with Crippen molar-refractivity contribution >= 4 is 61.5 Å². The summed E-state index contributed by atoms with van der Waals surface area (Å²) < 4.78 is 39.4. The molecule has 0 saturated carbocycles. The van der Waals surface area contributed by atoms with Gasteiger partial charge in [-0.1, -0.05) is 0 Å². The molecule has 0 spiro atoms. The van der Waals surface area contributed by atoms with E-state index in [9.17, 15) is 0 Å². The van der Waals surface area contributed by atoms with Gasteiger partial charge in [0.1, 0.15) is 0 Å². The molecule has 1 N–H and O–H groups in total. The first-order valence-electron chi connectivity index (χ1n) is 0.786. The predicted molar refractivity (Wildman–Crippen MR) is 19.7 cm³/mol. The van der Waals surface area contributed by atoms with E-state index in [0.717, 1.165) is 0 Å². The third-order valence-corrected chi connectivity index (χ3v) is 0. The topological polar surface area (TPSA) is 112 Å². The monoisotopic (exact) mass is 226 g/mol. The Kier molecular flexibility index (Phi) is 81.2.